The third-order valence-corrected chi connectivity index (χ3v) is 5.76. The molecule has 1 aliphatic heterocycles. The molecule has 8 nitrogen and oxygen atoms in total. The Morgan fingerprint density at radius 2 is 1.96 bits per heavy atom. The molecular weight excluding hydrogens is 373 g/mol. The van der Waals surface area contributed by atoms with E-state index in [1.165, 1.54) is 18.5 Å². The highest BCUT2D eigenvalue weighted by Crippen LogP contribution is 2.16. The summed E-state index contributed by atoms with van der Waals surface area (Å²) in [5, 5.41) is 3.08. The van der Waals surface area contributed by atoms with Gasteiger partial charge in [0.1, 0.15) is 23.8 Å². The zero-order valence-electron chi connectivity index (χ0n) is 15.0. The molecule has 10 heteroatoms. The summed E-state index contributed by atoms with van der Waals surface area (Å²) in [4.78, 5) is 10.6. The molecule has 1 aliphatic rings. The number of anilines is 2. The molecule has 2 heterocycles. The zero-order valence-corrected chi connectivity index (χ0v) is 15.8. The van der Waals surface area contributed by atoms with Crippen LogP contribution >= 0.6 is 0 Å². The van der Waals surface area contributed by atoms with Gasteiger partial charge in [-0.3, -0.25) is 0 Å². The van der Waals surface area contributed by atoms with E-state index in [1.54, 1.807) is 6.92 Å². The highest BCUT2D eigenvalue weighted by molar-refractivity contribution is 7.89. The van der Waals surface area contributed by atoms with Crippen LogP contribution < -0.4 is 14.9 Å². The van der Waals surface area contributed by atoms with Crippen molar-refractivity contribution in [2.45, 2.75) is 11.8 Å². The van der Waals surface area contributed by atoms with Gasteiger partial charge in [-0.2, -0.15) is 0 Å². The second kappa shape index (κ2) is 8.59. The molecule has 0 spiro atoms. The predicted molar refractivity (Wildman–Crippen MR) is 99.9 cm³/mol. The lowest BCUT2D eigenvalue weighted by Crippen LogP contribution is -2.36. The first-order valence-corrected chi connectivity index (χ1v) is 10.1. The Morgan fingerprint density at radius 1 is 1.19 bits per heavy atom. The maximum absolute atomic E-state index is 13.1. The van der Waals surface area contributed by atoms with Gasteiger partial charge in [0.05, 0.1) is 18.1 Å². The molecule has 1 aromatic carbocycles. The van der Waals surface area contributed by atoms with Crippen molar-refractivity contribution in [1.82, 2.24) is 14.7 Å². The van der Waals surface area contributed by atoms with Crippen molar-refractivity contribution in [1.29, 1.82) is 0 Å². The number of rotatable bonds is 7. The molecule has 1 aromatic heterocycles. The summed E-state index contributed by atoms with van der Waals surface area (Å²) in [6.07, 6.45) is 1.47. The number of aromatic nitrogens is 2. The van der Waals surface area contributed by atoms with Crippen LogP contribution in [0.3, 0.4) is 0 Å². The minimum Gasteiger partial charge on any atom is -0.378 e. The van der Waals surface area contributed by atoms with Crippen molar-refractivity contribution < 1.29 is 17.5 Å². The lowest BCUT2D eigenvalue weighted by Gasteiger charge is -2.27. The molecule has 0 atom stereocenters. The van der Waals surface area contributed by atoms with Crippen LogP contribution in [0, 0.1) is 12.7 Å². The Balaban J connectivity index is 1.54. The van der Waals surface area contributed by atoms with Crippen LogP contribution in [-0.2, 0) is 14.8 Å². The average Bonchev–Trinajstić information content (AvgIpc) is 2.66. The van der Waals surface area contributed by atoms with Gasteiger partial charge in [-0.1, -0.05) is 0 Å². The number of hydrogen-bond donors (Lipinski definition) is 2. The van der Waals surface area contributed by atoms with E-state index in [-0.39, 0.29) is 11.4 Å². The van der Waals surface area contributed by atoms with E-state index in [4.69, 9.17) is 4.74 Å². The van der Waals surface area contributed by atoms with Gasteiger partial charge >= 0.3 is 0 Å². The Labute approximate surface area is 157 Å². The van der Waals surface area contributed by atoms with Crippen LogP contribution in [0.15, 0.2) is 35.5 Å². The minimum absolute atomic E-state index is 0.0699. The van der Waals surface area contributed by atoms with Crippen LogP contribution in [0.25, 0.3) is 0 Å². The Bertz CT molecular complexity index is 888. The standard InChI is InChI=1S/C17H22FN5O3S/c1-13-10-14(18)2-3-15(13)27(24,25)22-5-4-19-16-11-17(21-12-20-16)23-6-8-26-9-7-23/h2-3,10-12,22H,4-9H2,1H3,(H,19,20,21). The van der Waals surface area contributed by atoms with Crippen molar-refractivity contribution in [3.63, 3.8) is 0 Å². The third-order valence-electron chi connectivity index (χ3n) is 4.14. The molecule has 0 amide bonds. The third kappa shape index (κ3) is 5.12. The van der Waals surface area contributed by atoms with Gasteiger partial charge in [0.25, 0.3) is 0 Å². The van der Waals surface area contributed by atoms with Crippen molar-refractivity contribution >= 4 is 21.7 Å². The fourth-order valence-corrected chi connectivity index (χ4v) is 4.03. The second-order valence-electron chi connectivity index (χ2n) is 6.10. The first-order valence-electron chi connectivity index (χ1n) is 8.60. The smallest absolute Gasteiger partial charge is 0.240 e. The number of hydrogen-bond acceptors (Lipinski definition) is 7. The maximum atomic E-state index is 13.1. The topological polar surface area (TPSA) is 96.5 Å². The van der Waals surface area contributed by atoms with Gasteiger partial charge in [0.15, 0.2) is 0 Å². The number of ether oxygens (including phenoxy) is 1. The van der Waals surface area contributed by atoms with Crippen molar-refractivity contribution in [3.8, 4) is 0 Å². The number of aryl methyl sites for hydroxylation is 1. The summed E-state index contributed by atoms with van der Waals surface area (Å²) in [6, 6.07) is 5.41. The number of halogens is 1. The second-order valence-corrected chi connectivity index (χ2v) is 7.83. The summed E-state index contributed by atoms with van der Waals surface area (Å²) in [5.74, 6) is 0.954. The Morgan fingerprint density at radius 3 is 2.70 bits per heavy atom. The van der Waals surface area contributed by atoms with E-state index in [0.29, 0.717) is 31.1 Å². The summed E-state index contributed by atoms with van der Waals surface area (Å²) in [7, 11) is -3.70. The number of nitrogens with zero attached hydrogens (tertiary/aromatic N) is 3. The van der Waals surface area contributed by atoms with Crippen LogP contribution in [0.2, 0.25) is 0 Å². The minimum atomic E-state index is -3.70. The van der Waals surface area contributed by atoms with Crippen molar-refractivity contribution in [2.24, 2.45) is 0 Å². The summed E-state index contributed by atoms with van der Waals surface area (Å²) in [5.41, 5.74) is 0.362. The summed E-state index contributed by atoms with van der Waals surface area (Å²) in [6.45, 7) is 4.94. The Hall–Kier alpha value is -2.30. The van der Waals surface area contributed by atoms with E-state index >= 15 is 0 Å². The SMILES string of the molecule is Cc1cc(F)ccc1S(=O)(=O)NCCNc1cc(N2CCOCC2)ncn1. The average molecular weight is 395 g/mol. The van der Waals surface area contributed by atoms with Gasteiger partial charge in [-0.15, -0.1) is 0 Å². The molecule has 0 saturated carbocycles. The molecule has 0 unspecified atom stereocenters. The largest absolute Gasteiger partial charge is 0.378 e. The maximum Gasteiger partial charge on any atom is 0.240 e. The molecule has 2 aromatic rings. The van der Waals surface area contributed by atoms with Crippen LogP contribution in [0.4, 0.5) is 16.0 Å². The van der Waals surface area contributed by atoms with E-state index in [9.17, 15) is 12.8 Å². The number of sulfonamides is 1. The molecule has 3 rings (SSSR count). The van der Waals surface area contributed by atoms with Gasteiger partial charge in [-0.05, 0) is 30.7 Å². The fourth-order valence-electron chi connectivity index (χ4n) is 2.78. The van der Waals surface area contributed by atoms with Crippen LogP contribution in [0.5, 0.6) is 0 Å². The molecule has 1 saturated heterocycles. The van der Waals surface area contributed by atoms with Gasteiger partial charge in [0.2, 0.25) is 10.0 Å². The van der Waals surface area contributed by atoms with Gasteiger partial charge in [-0.25, -0.2) is 27.5 Å². The van der Waals surface area contributed by atoms with E-state index < -0.39 is 15.8 Å². The lowest BCUT2D eigenvalue weighted by molar-refractivity contribution is 0.122. The van der Waals surface area contributed by atoms with E-state index in [0.717, 1.165) is 25.0 Å². The van der Waals surface area contributed by atoms with E-state index in [1.807, 2.05) is 6.07 Å². The van der Waals surface area contributed by atoms with Crippen LogP contribution in [-0.4, -0.2) is 57.8 Å². The van der Waals surface area contributed by atoms with Crippen molar-refractivity contribution in [2.75, 3.05) is 49.6 Å². The quantitative estimate of drug-likeness (QED) is 0.679. The van der Waals surface area contributed by atoms with Gasteiger partial charge in [0, 0.05) is 32.2 Å². The molecule has 146 valence electrons. The fraction of sp³-hybridized carbons (Fsp3) is 0.412. The molecule has 2 N–H and O–H groups in total. The first-order chi connectivity index (χ1) is 13.0. The molecule has 0 radical (unpaired) electrons. The summed E-state index contributed by atoms with van der Waals surface area (Å²) >= 11 is 0. The zero-order chi connectivity index (χ0) is 19.3. The molecular formula is C17H22FN5O3S. The predicted octanol–water partition coefficient (Wildman–Crippen LogP) is 1.15. The number of benzene rings is 1. The van der Waals surface area contributed by atoms with E-state index in [2.05, 4.69) is 24.9 Å². The van der Waals surface area contributed by atoms with Crippen molar-refractivity contribution in [3.05, 3.63) is 42.0 Å². The molecule has 0 bridgehead atoms. The highest BCUT2D eigenvalue weighted by Gasteiger charge is 2.17. The van der Waals surface area contributed by atoms with Gasteiger partial charge < -0.3 is 15.0 Å². The molecule has 1 fully saturated rings. The lowest BCUT2D eigenvalue weighted by atomic mass is 10.2. The molecule has 27 heavy (non-hydrogen) atoms. The number of morpholine rings is 1. The normalized spacial score (nSPS) is 15.0. The first kappa shape index (κ1) is 19.5. The Kier molecular flexibility index (Phi) is 6.19. The van der Waals surface area contributed by atoms with Crippen LogP contribution in [0.1, 0.15) is 5.56 Å². The number of nitrogens with one attached hydrogen (secondary N) is 2. The highest BCUT2D eigenvalue weighted by atomic mass is 32.2. The monoisotopic (exact) mass is 395 g/mol. The molecule has 0 aliphatic carbocycles. The summed E-state index contributed by atoms with van der Waals surface area (Å²) < 4.78 is 45.6.